The maximum Gasteiger partial charge on any atom is 0.187 e. The van der Waals surface area contributed by atoms with Gasteiger partial charge in [-0.15, -0.1) is 11.3 Å². The Morgan fingerprint density at radius 2 is 1.84 bits per heavy atom. The van der Waals surface area contributed by atoms with Crippen LogP contribution in [0.15, 0.2) is 53.9 Å². The normalized spacial score (nSPS) is 12.0. The summed E-state index contributed by atoms with van der Waals surface area (Å²) in [5.74, 6) is 0.839. The van der Waals surface area contributed by atoms with Crippen molar-refractivity contribution in [2.45, 2.75) is 19.5 Å². The van der Waals surface area contributed by atoms with Crippen LogP contribution in [0.1, 0.15) is 24.2 Å². The summed E-state index contributed by atoms with van der Waals surface area (Å²) in [7, 11) is 1.66. The number of nitrogens with zero attached hydrogens (tertiary/aromatic N) is 1. The molecule has 2 aromatic carbocycles. The number of thiazole rings is 1. The van der Waals surface area contributed by atoms with Gasteiger partial charge in [-0.3, -0.25) is 0 Å². The van der Waals surface area contributed by atoms with E-state index in [1.165, 1.54) is 5.56 Å². The average Bonchev–Trinajstić information content (AvgIpc) is 3.08. The standard InChI is InChI=1S/C19H20ClN3OS/c1-13(14-3-5-15(20)6-4-14)21-11-17-12-25-19(23-17)22-16-7-9-18(24-2)10-8-16/h3-10,12-13,21H,11H2,1-2H3,(H,22,23)/t13-/m0/s1. The van der Waals surface area contributed by atoms with Gasteiger partial charge in [0.1, 0.15) is 5.75 Å². The number of benzene rings is 2. The van der Waals surface area contributed by atoms with Gasteiger partial charge < -0.3 is 15.4 Å². The van der Waals surface area contributed by atoms with Gasteiger partial charge in [0.15, 0.2) is 5.13 Å². The van der Waals surface area contributed by atoms with E-state index < -0.39 is 0 Å². The number of hydrogen-bond acceptors (Lipinski definition) is 5. The molecule has 3 aromatic rings. The van der Waals surface area contributed by atoms with E-state index in [0.29, 0.717) is 6.54 Å². The predicted octanol–water partition coefficient (Wildman–Crippen LogP) is 5.40. The van der Waals surface area contributed by atoms with E-state index in [1.54, 1.807) is 18.4 Å². The summed E-state index contributed by atoms with van der Waals surface area (Å²) in [5, 5.41) is 10.5. The van der Waals surface area contributed by atoms with Crippen LogP contribution in [-0.2, 0) is 6.54 Å². The molecule has 1 aromatic heterocycles. The van der Waals surface area contributed by atoms with Crippen molar-refractivity contribution >= 4 is 33.8 Å². The first-order valence-corrected chi connectivity index (χ1v) is 9.24. The second kappa shape index (κ2) is 8.34. The number of hydrogen-bond donors (Lipinski definition) is 2. The molecule has 0 spiro atoms. The lowest BCUT2D eigenvalue weighted by Gasteiger charge is -2.13. The highest BCUT2D eigenvalue weighted by molar-refractivity contribution is 7.13. The van der Waals surface area contributed by atoms with Crippen LogP contribution < -0.4 is 15.4 Å². The molecular weight excluding hydrogens is 354 g/mol. The minimum Gasteiger partial charge on any atom is -0.497 e. The first kappa shape index (κ1) is 17.7. The Labute approximate surface area is 156 Å². The molecule has 4 nitrogen and oxygen atoms in total. The zero-order valence-corrected chi connectivity index (χ0v) is 15.7. The Bertz CT molecular complexity index is 802. The van der Waals surface area contributed by atoms with E-state index in [9.17, 15) is 0 Å². The molecular formula is C19H20ClN3OS. The van der Waals surface area contributed by atoms with E-state index in [2.05, 4.69) is 27.9 Å². The van der Waals surface area contributed by atoms with Gasteiger partial charge in [0.25, 0.3) is 0 Å². The van der Waals surface area contributed by atoms with Gasteiger partial charge in [0.2, 0.25) is 0 Å². The quantitative estimate of drug-likeness (QED) is 0.582. The molecule has 0 aliphatic heterocycles. The van der Waals surface area contributed by atoms with Crippen LogP contribution in [-0.4, -0.2) is 12.1 Å². The van der Waals surface area contributed by atoms with Crippen molar-refractivity contribution in [3.63, 3.8) is 0 Å². The molecule has 3 rings (SSSR count). The van der Waals surface area contributed by atoms with Crippen molar-refractivity contribution in [1.82, 2.24) is 10.3 Å². The molecule has 0 aliphatic carbocycles. The van der Waals surface area contributed by atoms with Crippen molar-refractivity contribution in [2.24, 2.45) is 0 Å². The molecule has 6 heteroatoms. The Kier molecular flexibility index (Phi) is 5.91. The summed E-state index contributed by atoms with van der Waals surface area (Å²) in [6.45, 7) is 2.84. The molecule has 0 saturated heterocycles. The number of nitrogens with one attached hydrogen (secondary N) is 2. The maximum atomic E-state index is 5.93. The van der Waals surface area contributed by atoms with E-state index in [-0.39, 0.29) is 6.04 Å². The molecule has 1 heterocycles. The number of halogens is 1. The summed E-state index contributed by atoms with van der Waals surface area (Å²) in [5.41, 5.74) is 3.21. The monoisotopic (exact) mass is 373 g/mol. The summed E-state index contributed by atoms with van der Waals surface area (Å²) in [4.78, 5) is 4.62. The van der Waals surface area contributed by atoms with Gasteiger partial charge in [0, 0.05) is 28.7 Å². The zero-order valence-electron chi connectivity index (χ0n) is 14.1. The highest BCUT2D eigenvalue weighted by Crippen LogP contribution is 2.23. The number of ether oxygens (including phenoxy) is 1. The van der Waals surface area contributed by atoms with Crippen LogP contribution in [0.3, 0.4) is 0 Å². The highest BCUT2D eigenvalue weighted by atomic mass is 35.5. The van der Waals surface area contributed by atoms with E-state index in [0.717, 1.165) is 27.3 Å². The molecule has 2 N–H and O–H groups in total. The molecule has 0 unspecified atom stereocenters. The first-order valence-electron chi connectivity index (χ1n) is 7.98. The molecule has 1 atom stereocenters. The molecule has 25 heavy (non-hydrogen) atoms. The fourth-order valence-corrected chi connectivity index (χ4v) is 3.23. The third-order valence-corrected chi connectivity index (χ3v) is 4.91. The van der Waals surface area contributed by atoms with E-state index in [1.807, 2.05) is 48.5 Å². The second-order valence-electron chi connectivity index (χ2n) is 5.65. The predicted molar refractivity (Wildman–Crippen MR) is 105 cm³/mol. The minimum atomic E-state index is 0.233. The van der Waals surface area contributed by atoms with Crippen molar-refractivity contribution in [2.75, 3.05) is 12.4 Å². The number of rotatable bonds is 7. The topological polar surface area (TPSA) is 46.2 Å². The molecule has 0 amide bonds. The van der Waals surface area contributed by atoms with Crippen LogP contribution in [0.2, 0.25) is 5.02 Å². The van der Waals surface area contributed by atoms with Gasteiger partial charge >= 0.3 is 0 Å². The highest BCUT2D eigenvalue weighted by Gasteiger charge is 2.07. The van der Waals surface area contributed by atoms with Gasteiger partial charge in [0.05, 0.1) is 12.8 Å². The fourth-order valence-electron chi connectivity index (χ4n) is 2.37. The molecule has 0 aliphatic rings. The third-order valence-electron chi connectivity index (χ3n) is 3.85. The largest absolute Gasteiger partial charge is 0.497 e. The SMILES string of the molecule is COc1ccc(Nc2nc(CN[C@@H](C)c3ccc(Cl)cc3)cs2)cc1. The molecule has 130 valence electrons. The van der Waals surface area contributed by atoms with Gasteiger partial charge in [-0.05, 0) is 48.9 Å². The Morgan fingerprint density at radius 3 is 2.52 bits per heavy atom. The summed E-state index contributed by atoms with van der Waals surface area (Å²) < 4.78 is 5.16. The van der Waals surface area contributed by atoms with Crippen LogP contribution >= 0.6 is 22.9 Å². The van der Waals surface area contributed by atoms with Gasteiger partial charge in [-0.1, -0.05) is 23.7 Å². The number of aromatic nitrogens is 1. The second-order valence-corrected chi connectivity index (χ2v) is 6.95. The average molecular weight is 374 g/mol. The smallest absolute Gasteiger partial charge is 0.187 e. The zero-order chi connectivity index (χ0) is 17.6. The Balaban J connectivity index is 1.55. The van der Waals surface area contributed by atoms with Crippen molar-refractivity contribution in [1.29, 1.82) is 0 Å². The van der Waals surface area contributed by atoms with Crippen molar-refractivity contribution in [3.05, 3.63) is 70.2 Å². The minimum absolute atomic E-state index is 0.233. The number of methoxy groups -OCH3 is 1. The van der Waals surface area contributed by atoms with Crippen LogP contribution in [0.5, 0.6) is 5.75 Å². The van der Waals surface area contributed by atoms with Crippen LogP contribution in [0, 0.1) is 0 Å². The summed E-state index contributed by atoms with van der Waals surface area (Å²) in [6, 6.07) is 15.9. The molecule has 0 radical (unpaired) electrons. The lowest BCUT2D eigenvalue weighted by atomic mass is 10.1. The Morgan fingerprint density at radius 1 is 1.12 bits per heavy atom. The molecule has 0 bridgehead atoms. The fraction of sp³-hybridized carbons (Fsp3) is 0.211. The lowest BCUT2D eigenvalue weighted by molar-refractivity contribution is 0.415. The van der Waals surface area contributed by atoms with E-state index in [4.69, 9.17) is 16.3 Å². The maximum absolute atomic E-state index is 5.93. The molecule has 0 saturated carbocycles. The molecule has 0 fully saturated rings. The van der Waals surface area contributed by atoms with Gasteiger partial charge in [-0.25, -0.2) is 4.98 Å². The van der Waals surface area contributed by atoms with Crippen LogP contribution in [0.25, 0.3) is 0 Å². The number of anilines is 2. The lowest BCUT2D eigenvalue weighted by Crippen LogP contribution is -2.18. The van der Waals surface area contributed by atoms with Crippen molar-refractivity contribution in [3.8, 4) is 5.75 Å². The van der Waals surface area contributed by atoms with Crippen LogP contribution in [0.4, 0.5) is 10.8 Å². The first-order chi connectivity index (χ1) is 12.1. The Hall–Kier alpha value is -2.08. The summed E-state index contributed by atoms with van der Waals surface area (Å²) >= 11 is 7.53. The third kappa shape index (κ3) is 4.95. The van der Waals surface area contributed by atoms with Crippen molar-refractivity contribution < 1.29 is 4.74 Å². The summed E-state index contributed by atoms with van der Waals surface area (Å²) in [6.07, 6.45) is 0. The van der Waals surface area contributed by atoms with E-state index >= 15 is 0 Å². The van der Waals surface area contributed by atoms with Gasteiger partial charge in [-0.2, -0.15) is 0 Å².